The van der Waals surface area contributed by atoms with E-state index in [2.05, 4.69) is 18.2 Å². The Morgan fingerprint density at radius 2 is 2.00 bits per heavy atom. The lowest BCUT2D eigenvalue weighted by Crippen LogP contribution is -2.18. The maximum Gasteiger partial charge on any atom is 0.0126 e. The van der Waals surface area contributed by atoms with Crippen LogP contribution in [0.25, 0.3) is 0 Å². The zero-order chi connectivity index (χ0) is 9.82. The molecule has 0 aliphatic rings. The third-order valence-corrected chi connectivity index (χ3v) is 1.60. The van der Waals surface area contributed by atoms with Crippen molar-refractivity contribution in [2.75, 3.05) is 13.6 Å². The normalized spacial score (nSPS) is 10.9. The summed E-state index contributed by atoms with van der Waals surface area (Å²) in [5.74, 6) is 3.38. The first-order chi connectivity index (χ1) is 5.85. The molecule has 0 radical (unpaired) electrons. The summed E-state index contributed by atoms with van der Waals surface area (Å²) in [5, 5.41) is 3.14. The summed E-state index contributed by atoms with van der Waals surface area (Å²) >= 11 is 0. The van der Waals surface area contributed by atoms with E-state index in [-0.39, 0.29) is 0 Å². The van der Waals surface area contributed by atoms with Gasteiger partial charge in [-0.15, -0.1) is 12.3 Å². The Balaban J connectivity index is 0. The molecule has 0 saturated carbocycles. The maximum atomic E-state index is 5.21. The van der Waals surface area contributed by atoms with Crippen LogP contribution in [0.1, 0.15) is 40.0 Å². The molecule has 1 atom stereocenters. The van der Waals surface area contributed by atoms with E-state index in [9.17, 15) is 0 Å². The van der Waals surface area contributed by atoms with Crippen molar-refractivity contribution in [2.45, 2.75) is 40.0 Å². The topological polar surface area (TPSA) is 12.0 Å². The lowest BCUT2D eigenvalue weighted by Gasteiger charge is -2.10. The number of hydrogen-bond donors (Lipinski definition) is 1. The highest BCUT2D eigenvalue weighted by Crippen LogP contribution is 2.08. The van der Waals surface area contributed by atoms with Gasteiger partial charge in [-0.3, -0.25) is 0 Å². The highest BCUT2D eigenvalue weighted by Gasteiger charge is 2.02. The molecule has 0 bridgehead atoms. The molecule has 1 N–H and O–H groups in total. The zero-order valence-corrected chi connectivity index (χ0v) is 8.98. The summed E-state index contributed by atoms with van der Waals surface area (Å²) in [7, 11) is 1.97. The van der Waals surface area contributed by atoms with Crippen LogP contribution in [0, 0.1) is 18.3 Å². The molecule has 0 amide bonds. The van der Waals surface area contributed by atoms with Crippen LogP contribution >= 0.6 is 0 Å². The van der Waals surface area contributed by atoms with Gasteiger partial charge in [0.2, 0.25) is 0 Å². The minimum Gasteiger partial charge on any atom is -0.319 e. The molecule has 0 heterocycles. The van der Waals surface area contributed by atoms with E-state index < -0.39 is 0 Å². The van der Waals surface area contributed by atoms with Crippen LogP contribution in [-0.4, -0.2) is 13.6 Å². The van der Waals surface area contributed by atoms with Gasteiger partial charge in [0, 0.05) is 6.42 Å². The second-order valence-electron chi connectivity index (χ2n) is 2.62. The van der Waals surface area contributed by atoms with E-state index in [4.69, 9.17) is 6.42 Å². The van der Waals surface area contributed by atoms with E-state index in [1.54, 1.807) is 0 Å². The Hall–Kier alpha value is -0.480. The second kappa shape index (κ2) is 13.1. The molecule has 12 heavy (non-hydrogen) atoms. The Labute approximate surface area is 77.9 Å². The minimum absolute atomic E-state index is 0.681. The van der Waals surface area contributed by atoms with Gasteiger partial charge in [0.15, 0.2) is 0 Å². The summed E-state index contributed by atoms with van der Waals surface area (Å²) in [4.78, 5) is 0. The molecule has 0 aromatic rings. The van der Waals surface area contributed by atoms with Crippen LogP contribution in [0.2, 0.25) is 0 Å². The predicted molar refractivity (Wildman–Crippen MR) is 57.1 cm³/mol. The van der Waals surface area contributed by atoms with E-state index in [1.807, 2.05) is 20.9 Å². The SMILES string of the molecule is C#CCC(CCC)CNC.CC. The van der Waals surface area contributed by atoms with Crippen molar-refractivity contribution in [2.24, 2.45) is 5.92 Å². The van der Waals surface area contributed by atoms with Crippen LogP contribution in [0.4, 0.5) is 0 Å². The largest absolute Gasteiger partial charge is 0.319 e. The molecule has 0 aromatic heterocycles. The Bertz CT molecular complexity index is 96.1. The van der Waals surface area contributed by atoms with Crippen molar-refractivity contribution in [3.8, 4) is 12.3 Å². The summed E-state index contributed by atoms with van der Waals surface area (Å²) < 4.78 is 0. The van der Waals surface area contributed by atoms with Crippen LogP contribution in [0.15, 0.2) is 0 Å². The fourth-order valence-electron chi connectivity index (χ4n) is 1.14. The van der Waals surface area contributed by atoms with Crippen molar-refractivity contribution < 1.29 is 0 Å². The average Bonchev–Trinajstić information content (AvgIpc) is 2.10. The van der Waals surface area contributed by atoms with E-state index in [0.717, 1.165) is 13.0 Å². The smallest absolute Gasteiger partial charge is 0.0126 e. The Kier molecular flexibility index (Phi) is 15.4. The predicted octanol–water partition coefficient (Wildman–Crippen LogP) is 2.67. The highest BCUT2D eigenvalue weighted by atomic mass is 14.8. The van der Waals surface area contributed by atoms with Crippen LogP contribution in [0.5, 0.6) is 0 Å². The molecule has 72 valence electrons. The molecule has 0 spiro atoms. The van der Waals surface area contributed by atoms with Crippen molar-refractivity contribution in [3.05, 3.63) is 0 Å². The fourth-order valence-corrected chi connectivity index (χ4v) is 1.14. The fraction of sp³-hybridized carbons (Fsp3) is 0.818. The number of nitrogens with one attached hydrogen (secondary N) is 1. The zero-order valence-electron chi connectivity index (χ0n) is 8.98. The van der Waals surface area contributed by atoms with Gasteiger partial charge in [0.25, 0.3) is 0 Å². The molecule has 0 aromatic carbocycles. The molecular formula is C11H23N. The van der Waals surface area contributed by atoms with Gasteiger partial charge in [-0.05, 0) is 25.9 Å². The van der Waals surface area contributed by atoms with Gasteiger partial charge in [0.1, 0.15) is 0 Å². The molecule has 0 aliphatic heterocycles. The molecule has 0 aliphatic carbocycles. The first-order valence-electron chi connectivity index (χ1n) is 4.93. The Morgan fingerprint density at radius 3 is 2.33 bits per heavy atom. The quantitative estimate of drug-likeness (QED) is 0.624. The van der Waals surface area contributed by atoms with E-state index >= 15 is 0 Å². The van der Waals surface area contributed by atoms with Gasteiger partial charge in [-0.25, -0.2) is 0 Å². The highest BCUT2D eigenvalue weighted by molar-refractivity contribution is 4.87. The molecule has 1 unspecified atom stereocenters. The minimum atomic E-state index is 0.681. The Morgan fingerprint density at radius 1 is 1.42 bits per heavy atom. The molecule has 0 saturated heterocycles. The number of hydrogen-bond acceptors (Lipinski definition) is 1. The first kappa shape index (κ1) is 14.1. The lowest BCUT2D eigenvalue weighted by molar-refractivity contribution is 0.469. The third kappa shape index (κ3) is 9.52. The molecule has 0 rings (SSSR count). The van der Waals surface area contributed by atoms with Gasteiger partial charge >= 0.3 is 0 Å². The number of rotatable bonds is 5. The van der Waals surface area contributed by atoms with Crippen molar-refractivity contribution >= 4 is 0 Å². The van der Waals surface area contributed by atoms with Gasteiger partial charge in [-0.1, -0.05) is 27.2 Å². The monoisotopic (exact) mass is 169 g/mol. The number of terminal acetylenes is 1. The van der Waals surface area contributed by atoms with Crippen LogP contribution < -0.4 is 5.32 Å². The van der Waals surface area contributed by atoms with Crippen molar-refractivity contribution in [1.82, 2.24) is 5.32 Å². The van der Waals surface area contributed by atoms with Crippen LogP contribution in [0.3, 0.4) is 0 Å². The molecule has 1 heteroatoms. The summed E-state index contributed by atoms with van der Waals surface area (Å²) in [6.07, 6.45) is 8.59. The summed E-state index contributed by atoms with van der Waals surface area (Å²) in [5.41, 5.74) is 0. The lowest BCUT2D eigenvalue weighted by atomic mass is 10.0. The molecule has 1 nitrogen and oxygen atoms in total. The summed E-state index contributed by atoms with van der Waals surface area (Å²) in [6.45, 7) is 7.25. The van der Waals surface area contributed by atoms with Crippen molar-refractivity contribution in [1.29, 1.82) is 0 Å². The van der Waals surface area contributed by atoms with Gasteiger partial charge < -0.3 is 5.32 Å². The van der Waals surface area contributed by atoms with Crippen molar-refractivity contribution in [3.63, 3.8) is 0 Å². The first-order valence-corrected chi connectivity index (χ1v) is 4.93. The van der Waals surface area contributed by atoms with Gasteiger partial charge in [-0.2, -0.15) is 0 Å². The molecular weight excluding hydrogens is 146 g/mol. The van der Waals surface area contributed by atoms with Crippen LogP contribution in [-0.2, 0) is 0 Å². The maximum absolute atomic E-state index is 5.21. The van der Waals surface area contributed by atoms with E-state index in [1.165, 1.54) is 12.8 Å². The average molecular weight is 169 g/mol. The third-order valence-electron chi connectivity index (χ3n) is 1.60. The molecule has 0 fully saturated rings. The van der Waals surface area contributed by atoms with Gasteiger partial charge in [0.05, 0.1) is 0 Å². The summed E-state index contributed by atoms with van der Waals surface area (Å²) in [6, 6.07) is 0. The van der Waals surface area contributed by atoms with E-state index in [0.29, 0.717) is 5.92 Å². The second-order valence-corrected chi connectivity index (χ2v) is 2.62. The standard InChI is InChI=1S/C9H17N.C2H6/c1-4-6-9(7-5-2)8-10-3;1-2/h1,9-10H,5-8H2,2-3H3;1-2H3.